The van der Waals surface area contributed by atoms with Crippen LogP contribution in [0.5, 0.6) is 0 Å². The molecule has 1 aromatic heterocycles. The van der Waals surface area contributed by atoms with E-state index in [2.05, 4.69) is 4.98 Å². The lowest BCUT2D eigenvalue weighted by Gasteiger charge is -2.08. The molecule has 88 valence electrons. The molecule has 0 bridgehead atoms. The van der Waals surface area contributed by atoms with Crippen LogP contribution in [-0.4, -0.2) is 9.55 Å². The summed E-state index contributed by atoms with van der Waals surface area (Å²) in [6.07, 6.45) is 1.41. The highest BCUT2D eigenvalue weighted by atomic mass is 35.5. The minimum atomic E-state index is -0.312. The van der Waals surface area contributed by atoms with E-state index in [1.165, 1.54) is 10.9 Å². The molecule has 0 unspecified atom stereocenters. The Kier molecular flexibility index (Phi) is 3.15. The van der Waals surface area contributed by atoms with Gasteiger partial charge in [0.25, 0.3) is 5.56 Å². The summed E-state index contributed by atoms with van der Waals surface area (Å²) in [4.78, 5) is 15.7. The van der Waals surface area contributed by atoms with Crippen molar-refractivity contribution in [2.75, 3.05) is 5.73 Å². The lowest BCUT2D eigenvalue weighted by atomic mass is 10.1. The van der Waals surface area contributed by atoms with E-state index in [1.54, 1.807) is 0 Å². The van der Waals surface area contributed by atoms with Crippen molar-refractivity contribution >= 4 is 17.3 Å². The van der Waals surface area contributed by atoms with Crippen molar-refractivity contribution in [1.82, 2.24) is 9.55 Å². The highest BCUT2D eigenvalue weighted by Crippen LogP contribution is 2.11. The third-order valence-electron chi connectivity index (χ3n) is 2.63. The van der Waals surface area contributed by atoms with Crippen molar-refractivity contribution in [2.45, 2.75) is 13.5 Å². The van der Waals surface area contributed by atoms with Gasteiger partial charge in [0.05, 0.1) is 12.9 Å². The molecule has 0 atom stereocenters. The minimum absolute atomic E-state index is 0.0113. The highest BCUT2D eigenvalue weighted by Gasteiger charge is 2.07. The van der Waals surface area contributed by atoms with Crippen LogP contribution >= 0.6 is 11.6 Å². The summed E-state index contributed by atoms with van der Waals surface area (Å²) in [6, 6.07) is 7.84. The number of benzene rings is 1. The summed E-state index contributed by atoms with van der Waals surface area (Å²) in [5, 5.41) is 0.0519. The van der Waals surface area contributed by atoms with Crippen LogP contribution in [0.4, 0.5) is 5.69 Å². The molecule has 4 nitrogen and oxygen atoms in total. The van der Waals surface area contributed by atoms with Crippen molar-refractivity contribution in [1.29, 1.82) is 0 Å². The minimum Gasteiger partial charge on any atom is -0.392 e. The van der Waals surface area contributed by atoms with E-state index in [9.17, 15) is 4.79 Å². The fourth-order valence-electron chi connectivity index (χ4n) is 1.57. The molecule has 2 N–H and O–H groups in total. The van der Waals surface area contributed by atoms with Crippen LogP contribution in [0.2, 0.25) is 5.15 Å². The van der Waals surface area contributed by atoms with Crippen LogP contribution in [0.1, 0.15) is 11.1 Å². The maximum atomic E-state index is 11.8. The Hall–Kier alpha value is -1.81. The molecule has 0 aliphatic heterocycles. The van der Waals surface area contributed by atoms with Crippen LogP contribution in [0.15, 0.2) is 35.4 Å². The van der Waals surface area contributed by atoms with Gasteiger partial charge in [-0.05, 0) is 18.1 Å². The van der Waals surface area contributed by atoms with Crippen molar-refractivity contribution in [3.63, 3.8) is 0 Å². The molecule has 1 heterocycles. The molecule has 0 saturated heterocycles. The van der Waals surface area contributed by atoms with Crippen LogP contribution in [0.25, 0.3) is 0 Å². The van der Waals surface area contributed by atoms with E-state index in [1.807, 2.05) is 31.2 Å². The zero-order valence-corrected chi connectivity index (χ0v) is 10.1. The molecule has 0 fully saturated rings. The molecule has 2 rings (SSSR count). The van der Waals surface area contributed by atoms with Crippen molar-refractivity contribution < 1.29 is 0 Å². The van der Waals surface area contributed by atoms with Gasteiger partial charge in [-0.1, -0.05) is 35.9 Å². The third kappa shape index (κ3) is 2.31. The smallest absolute Gasteiger partial charge is 0.278 e. The lowest BCUT2D eigenvalue weighted by molar-refractivity contribution is 0.736. The second-order valence-corrected chi connectivity index (χ2v) is 4.17. The number of aryl methyl sites for hydroxylation is 1. The quantitative estimate of drug-likeness (QED) is 0.826. The first kappa shape index (κ1) is 11.7. The Labute approximate surface area is 104 Å². The van der Waals surface area contributed by atoms with Gasteiger partial charge < -0.3 is 5.73 Å². The molecule has 0 aliphatic rings. The second kappa shape index (κ2) is 4.59. The molecule has 0 saturated carbocycles. The standard InChI is InChI=1S/C12H12ClN3O/c1-8-4-2-3-5-9(8)6-16-7-15-11(13)10(14)12(16)17/h2-5,7H,6,14H2,1H3. The first-order chi connectivity index (χ1) is 8.09. The van der Waals surface area contributed by atoms with E-state index in [0.29, 0.717) is 6.54 Å². The fraction of sp³-hybridized carbons (Fsp3) is 0.167. The fourth-order valence-corrected chi connectivity index (χ4v) is 1.69. The maximum absolute atomic E-state index is 11.8. The van der Waals surface area contributed by atoms with Crippen LogP contribution in [-0.2, 0) is 6.54 Å². The molecule has 0 aliphatic carbocycles. The third-order valence-corrected chi connectivity index (χ3v) is 2.93. The average Bonchev–Trinajstić information content (AvgIpc) is 2.32. The number of rotatable bonds is 2. The number of nitrogen functional groups attached to an aromatic ring is 1. The summed E-state index contributed by atoms with van der Waals surface area (Å²) in [5.41, 5.74) is 7.40. The molecular weight excluding hydrogens is 238 g/mol. The number of nitrogens with two attached hydrogens (primary N) is 1. The van der Waals surface area contributed by atoms with E-state index >= 15 is 0 Å². The molecule has 1 aromatic carbocycles. The highest BCUT2D eigenvalue weighted by molar-refractivity contribution is 6.31. The SMILES string of the molecule is Cc1ccccc1Cn1cnc(Cl)c(N)c1=O. The van der Waals surface area contributed by atoms with E-state index < -0.39 is 0 Å². The summed E-state index contributed by atoms with van der Waals surface area (Å²) in [5.74, 6) is 0. The van der Waals surface area contributed by atoms with Crippen molar-refractivity contribution in [2.24, 2.45) is 0 Å². The number of nitrogens with zero attached hydrogens (tertiary/aromatic N) is 2. The number of halogens is 1. The van der Waals surface area contributed by atoms with Gasteiger partial charge in [-0.15, -0.1) is 0 Å². The molecular formula is C12H12ClN3O. The number of hydrogen-bond donors (Lipinski definition) is 1. The molecule has 0 spiro atoms. The van der Waals surface area contributed by atoms with Crippen LogP contribution in [0.3, 0.4) is 0 Å². The Morgan fingerprint density at radius 3 is 2.82 bits per heavy atom. The molecule has 2 aromatic rings. The molecule has 0 amide bonds. The summed E-state index contributed by atoms with van der Waals surface area (Å²) in [6.45, 7) is 2.44. The summed E-state index contributed by atoms with van der Waals surface area (Å²) in [7, 11) is 0. The molecule has 5 heteroatoms. The predicted octanol–water partition coefficient (Wildman–Crippen LogP) is 1.84. The number of aromatic nitrogens is 2. The Balaban J connectivity index is 2.41. The maximum Gasteiger partial charge on any atom is 0.278 e. The lowest BCUT2D eigenvalue weighted by Crippen LogP contribution is -2.24. The van der Waals surface area contributed by atoms with Gasteiger partial charge in [0, 0.05) is 0 Å². The number of anilines is 1. The predicted molar refractivity (Wildman–Crippen MR) is 68.2 cm³/mol. The topological polar surface area (TPSA) is 60.9 Å². The van der Waals surface area contributed by atoms with Crippen LogP contribution < -0.4 is 11.3 Å². The normalized spacial score (nSPS) is 10.5. The summed E-state index contributed by atoms with van der Waals surface area (Å²) < 4.78 is 1.45. The summed E-state index contributed by atoms with van der Waals surface area (Å²) >= 11 is 5.67. The van der Waals surface area contributed by atoms with Gasteiger partial charge in [0.15, 0.2) is 5.15 Å². The van der Waals surface area contributed by atoms with Crippen molar-refractivity contribution in [3.8, 4) is 0 Å². The Bertz CT molecular complexity index is 607. The van der Waals surface area contributed by atoms with Gasteiger partial charge in [0.1, 0.15) is 5.69 Å². The number of hydrogen-bond acceptors (Lipinski definition) is 3. The van der Waals surface area contributed by atoms with Gasteiger partial charge in [-0.2, -0.15) is 0 Å². The van der Waals surface area contributed by atoms with Gasteiger partial charge in [0.2, 0.25) is 0 Å². The molecule has 17 heavy (non-hydrogen) atoms. The molecule has 0 radical (unpaired) electrons. The Morgan fingerprint density at radius 2 is 2.12 bits per heavy atom. The Morgan fingerprint density at radius 1 is 1.41 bits per heavy atom. The van der Waals surface area contributed by atoms with E-state index in [0.717, 1.165) is 11.1 Å². The van der Waals surface area contributed by atoms with Crippen molar-refractivity contribution in [3.05, 3.63) is 57.2 Å². The van der Waals surface area contributed by atoms with E-state index in [4.69, 9.17) is 17.3 Å². The largest absolute Gasteiger partial charge is 0.392 e. The zero-order chi connectivity index (χ0) is 12.4. The monoisotopic (exact) mass is 249 g/mol. The second-order valence-electron chi connectivity index (χ2n) is 3.81. The first-order valence-corrected chi connectivity index (χ1v) is 5.52. The van der Waals surface area contributed by atoms with Gasteiger partial charge in [-0.25, -0.2) is 4.98 Å². The average molecular weight is 250 g/mol. The van der Waals surface area contributed by atoms with E-state index in [-0.39, 0.29) is 16.4 Å². The van der Waals surface area contributed by atoms with Gasteiger partial charge >= 0.3 is 0 Å². The van der Waals surface area contributed by atoms with Gasteiger partial charge in [-0.3, -0.25) is 9.36 Å². The zero-order valence-electron chi connectivity index (χ0n) is 9.35. The first-order valence-electron chi connectivity index (χ1n) is 5.14. The van der Waals surface area contributed by atoms with Crippen LogP contribution in [0, 0.1) is 6.92 Å².